The number of rotatable bonds is 2. The monoisotopic (exact) mass is 1250 g/mol. The van der Waals surface area contributed by atoms with Crippen molar-refractivity contribution in [2.45, 2.75) is 0 Å². The van der Waals surface area contributed by atoms with Crippen molar-refractivity contribution in [2.24, 2.45) is 0 Å². The second-order valence-corrected chi connectivity index (χ2v) is 20.5. The first-order valence-corrected chi connectivity index (χ1v) is 29.4. The number of H-pyrrole nitrogens is 4. The van der Waals surface area contributed by atoms with Crippen molar-refractivity contribution < 1.29 is 37.1 Å². The Morgan fingerprint density at radius 1 is 0.261 bits per heavy atom. The van der Waals surface area contributed by atoms with Gasteiger partial charge in [-0.05, 0) is 0 Å². The topological polar surface area (TPSA) is 298 Å². The molecule has 0 saturated heterocycles. The zero-order valence-corrected chi connectivity index (χ0v) is 47.4. The average molecular weight is 1250 g/mol. The van der Waals surface area contributed by atoms with Gasteiger partial charge >= 0.3 is 27.0 Å². The van der Waals surface area contributed by atoms with Gasteiger partial charge < -0.3 is 39.7 Å². The summed E-state index contributed by atoms with van der Waals surface area (Å²) in [7, 11) is 4.53. The molecule has 4 aliphatic rings. The predicted octanol–water partition coefficient (Wildman–Crippen LogP) is 11.2. The summed E-state index contributed by atoms with van der Waals surface area (Å²) in [4.78, 5) is 96.4. The standard InChI is InChI=1S/2C33H18N8O2.ClH.Rh/c2*42-33(43)23-15-7-14-22-24(23)32-40-30-21-13-6-5-12-20(21)28(38-30)36-26-17-9-2-1-8-16(17)25(34-26)35-27-18-10-3-4-11-19(18)29(37-27)39-31(22)41-32;;/h2*1-15H,(H,42,43)(H2,34,35,36,37,38,39,40,41);1H;/q;;;+3/p-3. The Morgan fingerprint density at radius 2 is 0.455 bits per heavy atom. The molecule has 10 heterocycles. The molecule has 14 aromatic rings. The van der Waals surface area contributed by atoms with Crippen molar-refractivity contribution in [3.05, 3.63) is 193 Å². The maximum atomic E-state index is 12.2. The normalized spacial score (nSPS) is 11.7. The van der Waals surface area contributed by atoms with Gasteiger partial charge in [-0.3, -0.25) is 0 Å². The number of carboxylic acids is 2. The molecular weight excluding hydrogens is 1220 g/mol. The van der Waals surface area contributed by atoms with Gasteiger partial charge in [-0.1, -0.05) is 182 Å². The van der Waals surface area contributed by atoms with E-state index >= 15 is 0 Å². The van der Waals surface area contributed by atoms with Crippen LogP contribution in [0.15, 0.2) is 182 Å². The summed E-state index contributed by atoms with van der Waals surface area (Å²) >= 11 is 2.02. The molecule has 4 N–H and O–H groups in total. The molecule has 0 amide bonds. The number of carboxylic acid groups (broad SMARTS) is 2. The van der Waals surface area contributed by atoms with E-state index in [0.29, 0.717) is 113 Å². The third-order valence-electron chi connectivity index (χ3n) is 15.6. The maximum absolute atomic E-state index is 12.2. The number of nitrogens with zero attached hydrogens (tertiary/aromatic N) is 12. The third kappa shape index (κ3) is 8.39. The van der Waals surface area contributed by atoms with E-state index in [1.807, 2.05) is 163 Å². The van der Waals surface area contributed by atoms with Gasteiger partial charge in [-0.25, -0.2) is 59.8 Å². The molecule has 22 heteroatoms. The zero-order chi connectivity index (χ0) is 59.3. The van der Waals surface area contributed by atoms with Gasteiger partial charge in [-0.15, -0.1) is 0 Å². The number of aromatic nitrogens is 16. The predicted molar refractivity (Wildman–Crippen MR) is 327 cm³/mol. The quantitative estimate of drug-likeness (QED) is 0.117. The molecule has 88 heavy (non-hydrogen) atoms. The Labute approximate surface area is 508 Å². The van der Waals surface area contributed by atoms with Crippen LogP contribution < -0.4 is 10.2 Å². The summed E-state index contributed by atoms with van der Waals surface area (Å²) in [5.41, 5.74) is 10.2. The Kier molecular flexibility index (Phi) is 12.1. The van der Waals surface area contributed by atoms with Crippen LogP contribution in [0.1, 0.15) is 20.7 Å². The van der Waals surface area contributed by atoms with Gasteiger partial charge in [0.15, 0.2) is 46.6 Å². The summed E-state index contributed by atoms with van der Waals surface area (Å²) in [5.74, 6) is 0.965. The fourth-order valence-electron chi connectivity index (χ4n) is 11.7. The first-order valence-electron chi connectivity index (χ1n) is 27.3. The van der Waals surface area contributed by atoms with Crippen LogP contribution in [0.3, 0.4) is 0 Å². The molecule has 0 atom stereocenters. The molecule has 0 unspecified atom stereocenters. The van der Waals surface area contributed by atoms with Crippen molar-refractivity contribution >= 4 is 110 Å². The minimum atomic E-state index is -1.32. The number of carbonyl (C=O) groups is 2. The summed E-state index contributed by atoms with van der Waals surface area (Å²) in [6.45, 7) is 0. The van der Waals surface area contributed by atoms with Gasteiger partial charge in [0.1, 0.15) is 45.2 Å². The second kappa shape index (κ2) is 20.5. The summed E-state index contributed by atoms with van der Waals surface area (Å²) < 4.78 is 0. The Balaban J connectivity index is 0.000000138. The van der Waals surface area contributed by atoms with Gasteiger partial charge in [0, 0.05) is 98.7 Å². The summed E-state index contributed by atoms with van der Waals surface area (Å²) in [5, 5.41) is 29.9. The molecule has 0 saturated carbocycles. The van der Waals surface area contributed by atoms with Crippen LogP contribution in [0.25, 0.3) is 179 Å². The van der Waals surface area contributed by atoms with E-state index in [2.05, 4.69) is 29.6 Å². The molecule has 0 spiro atoms. The van der Waals surface area contributed by atoms with E-state index in [1.165, 1.54) is 12.1 Å². The second-order valence-electron chi connectivity index (χ2n) is 20.5. The molecule has 6 aromatic heterocycles. The number of nitrogens with one attached hydrogen (secondary N) is 4. The van der Waals surface area contributed by atoms with E-state index in [4.69, 9.17) is 59.8 Å². The minimum absolute atomic E-state index is 0.00581. The molecule has 18 rings (SSSR count). The van der Waals surface area contributed by atoms with E-state index < -0.39 is 11.9 Å². The van der Waals surface area contributed by atoms with Crippen LogP contribution >= 0.6 is 9.69 Å². The molecule has 0 fully saturated rings. The molecule has 0 aliphatic carbocycles. The van der Waals surface area contributed by atoms with E-state index in [9.17, 15) is 19.8 Å². The first kappa shape index (κ1) is 51.9. The van der Waals surface area contributed by atoms with Gasteiger partial charge in [0.25, 0.3) is 0 Å². The van der Waals surface area contributed by atoms with E-state index in [1.54, 1.807) is 24.3 Å². The number of aromatic amines is 4. The van der Waals surface area contributed by atoms with Gasteiger partial charge in [-0.2, -0.15) is 0 Å². The molecule has 418 valence electrons. The van der Waals surface area contributed by atoms with E-state index in [-0.39, 0.29) is 11.1 Å². The summed E-state index contributed by atoms with van der Waals surface area (Å²) in [6.07, 6.45) is 0. The molecule has 8 aromatic carbocycles. The SMILES string of the molecule is O=C([O-])c1cccc2c3nc4nc(nc5[nH]c(nc6nc(nc([nH]3)c12)-c1ccccc1-6)c1ccccc51)-c1ccccc1-4.O=C([O-])c1cccc2c3nc4nc(nc5[nH]c(nc6nc(nc([nH]3)c12)-c1ccccc1-6)c1ccccc51)-c1ccccc1-4.[Cl][Rh+2]. The molecule has 20 nitrogen and oxygen atoms in total. The number of benzene rings is 8. The third-order valence-corrected chi connectivity index (χ3v) is 15.6. The van der Waals surface area contributed by atoms with Crippen LogP contribution in [0, 0.1) is 0 Å². The number of aromatic carboxylic acids is 2. The zero-order valence-electron chi connectivity index (χ0n) is 45.0. The first-order chi connectivity index (χ1) is 43.2. The molecule has 0 radical (unpaired) electrons. The van der Waals surface area contributed by atoms with Crippen molar-refractivity contribution in [3.63, 3.8) is 0 Å². The molecule has 16 bridgehead atoms. The fourth-order valence-corrected chi connectivity index (χ4v) is 11.7. The number of hydrogen-bond donors (Lipinski definition) is 4. The number of carbonyl (C=O) groups excluding carboxylic acids is 2. The van der Waals surface area contributed by atoms with Crippen molar-refractivity contribution in [1.82, 2.24) is 79.7 Å². The van der Waals surface area contributed by atoms with Gasteiger partial charge in [0.2, 0.25) is 0 Å². The van der Waals surface area contributed by atoms with Crippen LogP contribution in [-0.2, 0) is 17.3 Å². The van der Waals surface area contributed by atoms with Crippen LogP contribution in [0.5, 0.6) is 0 Å². The summed E-state index contributed by atoms with van der Waals surface area (Å²) in [6, 6.07) is 56.5. The van der Waals surface area contributed by atoms with Crippen LogP contribution in [0.2, 0.25) is 0 Å². The Bertz CT molecular complexity index is 5380. The number of hydrogen-bond acceptors (Lipinski definition) is 16. The Hall–Kier alpha value is -11.7. The number of halogens is 1. The van der Waals surface area contributed by atoms with E-state index in [0.717, 1.165) is 66.1 Å². The fraction of sp³-hybridized carbons (Fsp3) is 0. The van der Waals surface area contributed by atoms with Crippen LogP contribution in [-0.4, -0.2) is 91.7 Å². The molecular formula is C66H34ClN16O4Rh. The Morgan fingerprint density at radius 3 is 0.693 bits per heavy atom. The van der Waals surface area contributed by atoms with Gasteiger partial charge in [0.05, 0.1) is 11.9 Å². The van der Waals surface area contributed by atoms with Crippen molar-refractivity contribution in [2.75, 3.05) is 0 Å². The van der Waals surface area contributed by atoms with Crippen LogP contribution in [0.4, 0.5) is 0 Å². The van der Waals surface area contributed by atoms with Crippen molar-refractivity contribution in [3.8, 4) is 91.1 Å². The van der Waals surface area contributed by atoms with Crippen molar-refractivity contribution in [1.29, 1.82) is 0 Å². The molecule has 4 aliphatic heterocycles. The average Bonchev–Trinajstić information content (AvgIpc) is 2.30. The number of fused-ring (bicyclic) bond motifs is 40.